The van der Waals surface area contributed by atoms with Gasteiger partial charge in [-0.05, 0) is 77.6 Å². The number of amides is 2. The molecule has 2 aromatic heterocycles. The highest BCUT2D eigenvalue weighted by Crippen LogP contribution is 2.49. The summed E-state index contributed by atoms with van der Waals surface area (Å²) in [5.41, 5.74) is 2.46. The highest BCUT2D eigenvalue weighted by Gasteiger charge is 2.60. The number of benzene rings is 1. The number of halogens is 2. The molecule has 1 aliphatic heterocycles. The molecule has 0 spiro atoms. The first-order valence-corrected chi connectivity index (χ1v) is 15.2. The molecule has 1 aromatic carbocycles. The van der Waals surface area contributed by atoms with Gasteiger partial charge in [0.1, 0.15) is 23.7 Å². The van der Waals surface area contributed by atoms with Gasteiger partial charge in [-0.2, -0.15) is 5.26 Å². The maximum atomic E-state index is 15.7. The third-order valence-corrected chi connectivity index (χ3v) is 8.88. The van der Waals surface area contributed by atoms with Crippen molar-refractivity contribution in [3.8, 4) is 22.9 Å². The van der Waals surface area contributed by atoms with Crippen molar-refractivity contribution in [3.63, 3.8) is 0 Å². The van der Waals surface area contributed by atoms with Gasteiger partial charge in [0, 0.05) is 42.9 Å². The third kappa shape index (κ3) is 6.19. The van der Waals surface area contributed by atoms with Gasteiger partial charge in [0.25, 0.3) is 0 Å². The summed E-state index contributed by atoms with van der Waals surface area (Å²) < 4.78 is 37.2. The van der Waals surface area contributed by atoms with Crippen LogP contribution < -0.4 is 10.1 Å². The Labute approximate surface area is 260 Å². The zero-order chi connectivity index (χ0) is 32.1. The topological polar surface area (TPSA) is 128 Å². The van der Waals surface area contributed by atoms with E-state index in [2.05, 4.69) is 27.4 Å². The van der Waals surface area contributed by atoms with Crippen molar-refractivity contribution in [3.05, 3.63) is 71.7 Å². The number of hydrogen-bond donors (Lipinski definition) is 2. The lowest BCUT2D eigenvalue weighted by molar-refractivity contribution is -0.192. The molecule has 2 N–H and O–H groups in total. The van der Waals surface area contributed by atoms with Gasteiger partial charge in [0.15, 0.2) is 6.10 Å². The molecule has 0 radical (unpaired) electrons. The molecule has 2 unspecified atom stereocenters. The average Bonchev–Trinajstić information content (AvgIpc) is 3.91. The smallest absolute Gasteiger partial charge is 0.407 e. The van der Waals surface area contributed by atoms with Gasteiger partial charge < -0.3 is 15.2 Å². The van der Waals surface area contributed by atoms with E-state index in [0.29, 0.717) is 22.9 Å². The summed E-state index contributed by atoms with van der Waals surface area (Å²) in [4.78, 5) is 34.4. The maximum absolute atomic E-state index is 15.7. The Hall–Kier alpha value is -4.59. The van der Waals surface area contributed by atoms with Crippen molar-refractivity contribution in [1.29, 1.82) is 5.26 Å². The molecule has 3 heterocycles. The van der Waals surface area contributed by atoms with Crippen LogP contribution >= 0.6 is 0 Å². The van der Waals surface area contributed by atoms with Gasteiger partial charge in [-0.3, -0.25) is 14.7 Å². The molecule has 3 aromatic rings. The number of piperidine rings is 1. The molecule has 0 bridgehead atoms. The quantitative estimate of drug-likeness (QED) is 0.299. The van der Waals surface area contributed by atoms with Gasteiger partial charge in [0.05, 0.1) is 5.56 Å². The minimum absolute atomic E-state index is 0.00984. The molecule has 2 aliphatic carbocycles. The van der Waals surface area contributed by atoms with Gasteiger partial charge in [0.2, 0.25) is 5.91 Å². The molecule has 3 aliphatic rings. The lowest BCUT2D eigenvalue weighted by atomic mass is 9.77. The van der Waals surface area contributed by atoms with E-state index in [4.69, 9.17) is 4.74 Å². The molecule has 9 nitrogen and oxygen atoms in total. The number of carbonyl (C=O) groups excluding carboxylic acids is 1. The van der Waals surface area contributed by atoms with Gasteiger partial charge in [-0.15, -0.1) is 0 Å². The van der Waals surface area contributed by atoms with E-state index in [1.807, 2.05) is 12.3 Å². The van der Waals surface area contributed by atoms with Crippen LogP contribution in [0.3, 0.4) is 0 Å². The van der Waals surface area contributed by atoms with E-state index >= 15 is 8.78 Å². The fourth-order valence-corrected chi connectivity index (χ4v) is 6.41. The Kier molecular flexibility index (Phi) is 7.71. The van der Waals surface area contributed by atoms with Crippen molar-refractivity contribution in [2.75, 3.05) is 11.9 Å². The highest BCUT2D eigenvalue weighted by atomic mass is 19.3. The molecule has 4 atom stereocenters. The molecule has 2 amide bonds. The van der Waals surface area contributed by atoms with Gasteiger partial charge in [-0.25, -0.2) is 18.6 Å². The number of aromatic nitrogens is 2. The molecule has 3 fully saturated rings. The Balaban J connectivity index is 1.14. The van der Waals surface area contributed by atoms with E-state index < -0.39 is 29.6 Å². The number of pyridine rings is 2. The predicted molar refractivity (Wildman–Crippen MR) is 162 cm³/mol. The number of nitrogens with one attached hydrogen (secondary N) is 1. The lowest BCUT2D eigenvalue weighted by Gasteiger charge is -2.49. The first kappa shape index (κ1) is 30.4. The fraction of sp³-hybridized carbons (Fsp3) is 0.441. The number of carboxylic acid groups (broad SMARTS) is 1. The Bertz CT molecular complexity index is 1660. The molecule has 1 saturated heterocycles. The van der Waals surface area contributed by atoms with Crippen molar-refractivity contribution in [1.82, 2.24) is 14.9 Å². The maximum Gasteiger partial charge on any atom is 0.407 e. The highest BCUT2D eigenvalue weighted by molar-refractivity contribution is 5.95. The van der Waals surface area contributed by atoms with Crippen LogP contribution in [0.15, 0.2) is 54.9 Å². The molecule has 45 heavy (non-hydrogen) atoms. The monoisotopic (exact) mass is 615 g/mol. The van der Waals surface area contributed by atoms with Crippen LogP contribution in [0.1, 0.15) is 75.1 Å². The summed E-state index contributed by atoms with van der Waals surface area (Å²) in [6.45, 7) is 4.59. The van der Waals surface area contributed by atoms with Gasteiger partial charge in [-0.1, -0.05) is 32.9 Å². The van der Waals surface area contributed by atoms with Crippen molar-refractivity contribution in [2.24, 2.45) is 11.3 Å². The van der Waals surface area contributed by atoms with E-state index in [9.17, 15) is 20.0 Å². The summed E-state index contributed by atoms with van der Waals surface area (Å²) in [5, 5.41) is 22.3. The largest absolute Gasteiger partial charge is 0.483 e. The summed E-state index contributed by atoms with van der Waals surface area (Å²) >= 11 is 0. The second-order valence-corrected chi connectivity index (χ2v) is 13.3. The lowest BCUT2D eigenvalue weighted by Crippen LogP contribution is -2.66. The van der Waals surface area contributed by atoms with Crippen molar-refractivity contribution >= 4 is 17.8 Å². The molecular formula is C34H35F2N5O4. The minimum Gasteiger partial charge on any atom is -0.483 e. The molecule has 234 valence electrons. The van der Waals surface area contributed by atoms with Crippen LogP contribution in [-0.4, -0.2) is 56.6 Å². The number of hydrogen-bond acceptors (Lipinski definition) is 6. The average molecular weight is 616 g/mol. The zero-order valence-electron chi connectivity index (χ0n) is 25.3. The summed E-state index contributed by atoms with van der Waals surface area (Å²) in [5.74, 6) is -2.73. The third-order valence-electron chi connectivity index (χ3n) is 8.88. The molecule has 6 rings (SSSR count). The zero-order valence-corrected chi connectivity index (χ0v) is 25.3. The van der Waals surface area contributed by atoms with Crippen LogP contribution in [0.4, 0.5) is 19.4 Å². The number of anilines is 1. The van der Waals surface area contributed by atoms with E-state index in [0.717, 1.165) is 22.6 Å². The van der Waals surface area contributed by atoms with Crippen LogP contribution in [-0.2, 0) is 4.79 Å². The fourth-order valence-electron chi connectivity index (χ4n) is 6.41. The van der Waals surface area contributed by atoms with Crippen LogP contribution in [0, 0.1) is 22.7 Å². The number of alkyl halides is 2. The van der Waals surface area contributed by atoms with Gasteiger partial charge >= 0.3 is 12.0 Å². The van der Waals surface area contributed by atoms with E-state index in [-0.39, 0.29) is 42.0 Å². The number of nitriles is 1. The predicted octanol–water partition coefficient (Wildman–Crippen LogP) is 6.82. The Morgan fingerprint density at radius 2 is 1.84 bits per heavy atom. The molecular weight excluding hydrogens is 580 g/mol. The second-order valence-electron chi connectivity index (χ2n) is 13.3. The van der Waals surface area contributed by atoms with Crippen molar-refractivity contribution < 1.29 is 28.2 Å². The molecule has 11 heteroatoms. The Morgan fingerprint density at radius 1 is 1.09 bits per heavy atom. The summed E-state index contributed by atoms with van der Waals surface area (Å²) in [7, 11) is 0. The number of likely N-dealkylation sites (tertiary alicyclic amines) is 1. The molecule has 2 saturated carbocycles. The van der Waals surface area contributed by atoms with E-state index in [1.54, 1.807) is 45.2 Å². The minimum atomic E-state index is -3.50. The van der Waals surface area contributed by atoms with Crippen LogP contribution in [0.25, 0.3) is 11.1 Å². The standard InChI is InChI=1S/C34H35F2N5O4/c1-33(2,3)31-34(35,36)28(11-13-41(31)32(43)44)45-27-9-7-20(14-23(27)17-37)21-10-12-38-29(15-21)40-30(42)25-16-24(25)22-6-8-26(39-18-22)19-4-5-19/h6-10,12,14-15,18-19,24-25,28,31H,4-5,11,13,16H2,1-3H3,(H,43,44)(H,38,40,42)/t24-,25+,28?,31?/m0/s1. The number of rotatable bonds is 7. The number of nitrogens with zero attached hydrogens (tertiary/aromatic N) is 4. The normalized spacial score (nSPS) is 24.0. The van der Waals surface area contributed by atoms with E-state index in [1.165, 1.54) is 25.0 Å². The number of carbonyl (C=O) groups is 2. The summed E-state index contributed by atoms with van der Waals surface area (Å²) in [6.07, 6.45) is 3.31. The van der Waals surface area contributed by atoms with Crippen molar-refractivity contribution in [2.45, 2.75) is 76.4 Å². The summed E-state index contributed by atoms with van der Waals surface area (Å²) in [6, 6.07) is 12.6. The van der Waals surface area contributed by atoms with Crippen LogP contribution in [0.2, 0.25) is 0 Å². The SMILES string of the molecule is CC(C)(C)C1N(C(=O)O)CCC(Oc2ccc(-c3ccnc(NC(=O)[C@@H]4C[C@H]4c4ccc(C5CC5)nc4)c3)cc2C#N)C1(F)F. The second kappa shape index (κ2) is 11.4. The van der Waals surface area contributed by atoms with Crippen LogP contribution in [0.5, 0.6) is 5.75 Å². The Morgan fingerprint density at radius 3 is 2.49 bits per heavy atom. The first-order valence-electron chi connectivity index (χ1n) is 15.2. The number of ether oxygens (including phenoxy) is 1. The first-order chi connectivity index (χ1) is 21.4.